The topological polar surface area (TPSA) is 22.0 Å². The van der Waals surface area contributed by atoms with Crippen LogP contribution in [0.1, 0.15) is 5.56 Å². The smallest absolute Gasteiger partial charge is 0.281 e. The highest BCUT2D eigenvalue weighted by atomic mass is 19.4. The molecule has 6 heteroatoms. The minimum Gasteiger partial charge on any atom is -0.281 e. The molecular weight excluding hydrogens is 250 g/mol. The van der Waals surface area contributed by atoms with Crippen LogP contribution in [-0.4, -0.2) is 4.57 Å². The molecule has 0 aliphatic heterocycles. The van der Waals surface area contributed by atoms with E-state index in [0.29, 0.717) is 16.8 Å². The summed E-state index contributed by atoms with van der Waals surface area (Å²) in [5.41, 5.74) is -1.95. The minimum absolute atomic E-state index is 0.214. The summed E-state index contributed by atoms with van der Waals surface area (Å²) in [6.45, 7) is 0. The second-order valence-corrected chi connectivity index (χ2v) is 3.58. The van der Waals surface area contributed by atoms with E-state index in [0.717, 1.165) is 12.1 Å². The molecule has 0 saturated heterocycles. The molecule has 0 bridgehead atoms. The van der Waals surface area contributed by atoms with Crippen LogP contribution in [0, 0.1) is 5.82 Å². The molecular formula is C12H7F4NO. The molecule has 0 N–H and O–H groups in total. The van der Waals surface area contributed by atoms with Crippen molar-refractivity contribution in [3.63, 3.8) is 0 Å². The molecule has 0 amide bonds. The molecule has 0 aliphatic carbocycles. The van der Waals surface area contributed by atoms with E-state index >= 15 is 0 Å². The molecule has 0 unspecified atom stereocenters. The largest absolute Gasteiger partial charge is 0.417 e. The number of pyridine rings is 1. The molecule has 0 radical (unpaired) electrons. The lowest BCUT2D eigenvalue weighted by molar-refractivity contribution is -0.138. The van der Waals surface area contributed by atoms with Gasteiger partial charge in [-0.15, -0.1) is 0 Å². The van der Waals surface area contributed by atoms with Gasteiger partial charge in [0.2, 0.25) is 0 Å². The fourth-order valence-corrected chi connectivity index (χ4v) is 1.49. The fourth-order valence-electron chi connectivity index (χ4n) is 1.49. The average Bonchev–Trinajstić information content (AvgIpc) is 2.29. The summed E-state index contributed by atoms with van der Waals surface area (Å²) in [5, 5.41) is 0. The van der Waals surface area contributed by atoms with Crippen molar-refractivity contribution in [1.29, 1.82) is 0 Å². The van der Waals surface area contributed by atoms with Crippen molar-refractivity contribution in [2.45, 2.75) is 6.18 Å². The number of hydrogen-bond acceptors (Lipinski definition) is 1. The van der Waals surface area contributed by atoms with E-state index < -0.39 is 23.1 Å². The first kappa shape index (κ1) is 12.3. The van der Waals surface area contributed by atoms with Crippen molar-refractivity contribution >= 4 is 0 Å². The molecule has 0 fully saturated rings. The van der Waals surface area contributed by atoms with Gasteiger partial charge in [0.15, 0.2) is 0 Å². The third kappa shape index (κ3) is 2.27. The Morgan fingerprint density at radius 2 is 1.67 bits per heavy atom. The summed E-state index contributed by atoms with van der Waals surface area (Å²) in [6, 6.07) is 6.55. The van der Waals surface area contributed by atoms with Gasteiger partial charge in [-0.3, -0.25) is 9.36 Å². The maximum atomic E-state index is 13.4. The normalized spacial score (nSPS) is 11.6. The van der Waals surface area contributed by atoms with Crippen LogP contribution in [-0.2, 0) is 6.18 Å². The summed E-state index contributed by atoms with van der Waals surface area (Å²) in [7, 11) is 0. The van der Waals surface area contributed by atoms with Crippen molar-refractivity contribution in [3.8, 4) is 5.69 Å². The van der Waals surface area contributed by atoms with Crippen molar-refractivity contribution in [3.05, 3.63) is 64.3 Å². The van der Waals surface area contributed by atoms with Gasteiger partial charge in [-0.1, -0.05) is 12.1 Å². The highest BCUT2D eigenvalue weighted by Crippen LogP contribution is 2.28. The van der Waals surface area contributed by atoms with E-state index in [-0.39, 0.29) is 5.69 Å². The second-order valence-electron chi connectivity index (χ2n) is 3.58. The zero-order valence-corrected chi connectivity index (χ0v) is 8.91. The number of rotatable bonds is 1. The summed E-state index contributed by atoms with van der Waals surface area (Å²) in [6.07, 6.45) is -4.00. The summed E-state index contributed by atoms with van der Waals surface area (Å²) < 4.78 is 51.6. The summed E-state index contributed by atoms with van der Waals surface area (Å²) >= 11 is 0. The molecule has 94 valence electrons. The van der Waals surface area contributed by atoms with Gasteiger partial charge in [0.25, 0.3) is 5.56 Å². The van der Waals surface area contributed by atoms with Crippen LogP contribution >= 0.6 is 0 Å². The van der Waals surface area contributed by atoms with Crippen LogP contribution in [0.3, 0.4) is 0 Å². The lowest BCUT2D eigenvalue weighted by Crippen LogP contribution is -2.20. The molecule has 0 spiro atoms. The second kappa shape index (κ2) is 4.29. The first-order chi connectivity index (χ1) is 8.39. The standard InChI is InChI=1S/C12H7F4NO/c13-9-3-1-2-4-10(9)17-7-8(12(14,15)16)5-6-11(17)18/h1-7H. The predicted molar refractivity (Wildman–Crippen MR) is 57.0 cm³/mol. The number of para-hydroxylation sites is 1. The third-order valence-electron chi connectivity index (χ3n) is 2.35. The van der Waals surface area contributed by atoms with Crippen LogP contribution in [0.15, 0.2) is 47.4 Å². The van der Waals surface area contributed by atoms with Crippen LogP contribution < -0.4 is 5.56 Å². The highest BCUT2D eigenvalue weighted by Gasteiger charge is 2.31. The molecule has 2 aromatic rings. The molecule has 0 atom stereocenters. The first-order valence-corrected chi connectivity index (χ1v) is 4.94. The average molecular weight is 257 g/mol. The van der Waals surface area contributed by atoms with E-state index in [1.807, 2.05) is 0 Å². The quantitative estimate of drug-likeness (QED) is 0.720. The molecule has 18 heavy (non-hydrogen) atoms. The Bertz CT molecular complexity index is 630. The maximum absolute atomic E-state index is 13.4. The zero-order valence-electron chi connectivity index (χ0n) is 8.91. The SMILES string of the molecule is O=c1ccc(C(F)(F)F)cn1-c1ccccc1F. The van der Waals surface area contributed by atoms with Gasteiger partial charge in [-0.25, -0.2) is 4.39 Å². The fraction of sp³-hybridized carbons (Fsp3) is 0.0833. The van der Waals surface area contributed by atoms with Crippen molar-refractivity contribution in [1.82, 2.24) is 4.57 Å². The van der Waals surface area contributed by atoms with Gasteiger partial charge in [-0.05, 0) is 18.2 Å². The van der Waals surface area contributed by atoms with Gasteiger partial charge < -0.3 is 0 Å². The van der Waals surface area contributed by atoms with E-state index in [2.05, 4.69) is 0 Å². The number of halogens is 4. The van der Waals surface area contributed by atoms with Gasteiger partial charge >= 0.3 is 6.18 Å². The summed E-state index contributed by atoms with van der Waals surface area (Å²) in [4.78, 5) is 11.5. The minimum atomic E-state index is -4.58. The Hall–Kier alpha value is -2.11. The third-order valence-corrected chi connectivity index (χ3v) is 2.35. The maximum Gasteiger partial charge on any atom is 0.417 e. The van der Waals surface area contributed by atoms with Gasteiger partial charge in [0.1, 0.15) is 5.82 Å². The van der Waals surface area contributed by atoms with E-state index in [4.69, 9.17) is 0 Å². The number of nitrogens with zero attached hydrogens (tertiary/aromatic N) is 1. The Morgan fingerprint density at radius 1 is 1.00 bits per heavy atom. The monoisotopic (exact) mass is 257 g/mol. The Labute approximate surface area is 99.1 Å². The lowest BCUT2D eigenvalue weighted by Gasteiger charge is -2.11. The molecule has 2 rings (SSSR count). The zero-order chi connectivity index (χ0) is 13.3. The van der Waals surface area contributed by atoms with E-state index in [1.165, 1.54) is 18.2 Å². The van der Waals surface area contributed by atoms with E-state index in [1.54, 1.807) is 0 Å². The first-order valence-electron chi connectivity index (χ1n) is 4.94. The summed E-state index contributed by atoms with van der Waals surface area (Å²) in [5.74, 6) is -0.765. The highest BCUT2D eigenvalue weighted by molar-refractivity contribution is 5.34. The Kier molecular flexibility index (Phi) is 2.94. The number of hydrogen-bond donors (Lipinski definition) is 0. The van der Waals surface area contributed by atoms with Gasteiger partial charge in [-0.2, -0.15) is 13.2 Å². The van der Waals surface area contributed by atoms with Crippen LogP contribution in [0.4, 0.5) is 17.6 Å². The predicted octanol–water partition coefficient (Wildman–Crippen LogP) is 3.00. The molecule has 1 heterocycles. The molecule has 2 nitrogen and oxygen atoms in total. The van der Waals surface area contributed by atoms with Crippen LogP contribution in [0.2, 0.25) is 0 Å². The van der Waals surface area contributed by atoms with E-state index in [9.17, 15) is 22.4 Å². The molecule has 0 saturated carbocycles. The molecule has 1 aromatic carbocycles. The van der Waals surface area contributed by atoms with Crippen LogP contribution in [0.25, 0.3) is 5.69 Å². The van der Waals surface area contributed by atoms with Crippen LogP contribution in [0.5, 0.6) is 0 Å². The molecule has 1 aromatic heterocycles. The Morgan fingerprint density at radius 3 is 2.28 bits per heavy atom. The number of aromatic nitrogens is 1. The Balaban J connectivity index is 2.65. The van der Waals surface area contributed by atoms with Crippen molar-refractivity contribution in [2.24, 2.45) is 0 Å². The number of benzene rings is 1. The van der Waals surface area contributed by atoms with Gasteiger partial charge in [0, 0.05) is 12.3 Å². The van der Waals surface area contributed by atoms with Crippen molar-refractivity contribution < 1.29 is 17.6 Å². The lowest BCUT2D eigenvalue weighted by atomic mass is 10.2. The van der Waals surface area contributed by atoms with Gasteiger partial charge in [0.05, 0.1) is 11.3 Å². The van der Waals surface area contributed by atoms with Crippen molar-refractivity contribution in [2.75, 3.05) is 0 Å². The molecule has 0 aliphatic rings. The number of alkyl halides is 3.